The molecule has 1 aromatic carbocycles. The molecule has 2 N–H and O–H groups in total. The normalized spacial score (nSPS) is 21.8. The van der Waals surface area contributed by atoms with E-state index in [2.05, 4.69) is 12.1 Å². The Morgan fingerprint density at radius 2 is 2.00 bits per heavy atom. The second-order valence-electron chi connectivity index (χ2n) is 5.42. The Labute approximate surface area is 114 Å². The predicted molar refractivity (Wildman–Crippen MR) is 76.4 cm³/mol. The van der Waals surface area contributed by atoms with E-state index in [1.807, 2.05) is 21.9 Å². The molecule has 0 aromatic heterocycles. The van der Waals surface area contributed by atoms with Gasteiger partial charge < -0.3 is 10.6 Å². The number of fused-ring (bicyclic) bond motifs is 1. The quantitative estimate of drug-likeness (QED) is 0.884. The highest BCUT2D eigenvalue weighted by Gasteiger charge is 2.34. The molecule has 1 unspecified atom stereocenters. The number of para-hydroxylation sites is 1. The number of carbonyl (C=O) groups excluding carboxylic acids is 1. The van der Waals surface area contributed by atoms with Crippen LogP contribution in [0.5, 0.6) is 0 Å². The van der Waals surface area contributed by atoms with Crippen molar-refractivity contribution in [1.82, 2.24) is 4.90 Å². The summed E-state index contributed by atoms with van der Waals surface area (Å²) >= 11 is 0. The molecule has 1 aromatic rings. The Morgan fingerprint density at radius 1 is 1.26 bits per heavy atom. The molecule has 2 aliphatic heterocycles. The first-order chi connectivity index (χ1) is 9.31. The van der Waals surface area contributed by atoms with Crippen LogP contribution in [0.4, 0.5) is 10.5 Å². The van der Waals surface area contributed by atoms with Crippen molar-refractivity contribution in [2.75, 3.05) is 31.1 Å². The molecule has 0 bridgehead atoms. The van der Waals surface area contributed by atoms with Crippen LogP contribution in [0.1, 0.15) is 30.7 Å². The van der Waals surface area contributed by atoms with Gasteiger partial charge in [0.05, 0.1) is 0 Å². The molecule has 102 valence electrons. The van der Waals surface area contributed by atoms with Gasteiger partial charge in [0, 0.05) is 31.2 Å². The van der Waals surface area contributed by atoms with E-state index in [-0.39, 0.29) is 6.03 Å². The number of nitrogens with two attached hydrogens (primary N) is 1. The molecule has 19 heavy (non-hydrogen) atoms. The standard InChI is InChI=1S/C15H21N3O/c16-8-7-12-11-18(14-6-2-1-5-13(12)14)15(19)17-9-3-4-10-17/h1-2,5-6,12H,3-4,7-11,16H2. The van der Waals surface area contributed by atoms with Gasteiger partial charge in [-0.15, -0.1) is 0 Å². The Morgan fingerprint density at radius 3 is 2.74 bits per heavy atom. The predicted octanol–water partition coefficient (Wildman–Crippen LogP) is 2.15. The van der Waals surface area contributed by atoms with Gasteiger partial charge in [-0.3, -0.25) is 4.90 Å². The third kappa shape index (κ3) is 2.21. The highest BCUT2D eigenvalue weighted by Crippen LogP contribution is 2.38. The summed E-state index contributed by atoms with van der Waals surface area (Å²) in [5, 5.41) is 0. The summed E-state index contributed by atoms with van der Waals surface area (Å²) in [6, 6.07) is 8.41. The molecule has 0 aliphatic carbocycles. The lowest BCUT2D eigenvalue weighted by Gasteiger charge is -2.24. The maximum Gasteiger partial charge on any atom is 0.324 e. The zero-order chi connectivity index (χ0) is 13.2. The highest BCUT2D eigenvalue weighted by atomic mass is 16.2. The van der Waals surface area contributed by atoms with Gasteiger partial charge in [-0.2, -0.15) is 0 Å². The minimum Gasteiger partial charge on any atom is -0.330 e. The van der Waals surface area contributed by atoms with E-state index in [1.54, 1.807) is 0 Å². The average Bonchev–Trinajstić information content (AvgIpc) is 3.07. The Kier molecular flexibility index (Phi) is 3.42. The van der Waals surface area contributed by atoms with Crippen LogP contribution in [0.25, 0.3) is 0 Å². The van der Waals surface area contributed by atoms with Gasteiger partial charge in [-0.25, -0.2) is 4.79 Å². The molecule has 0 radical (unpaired) electrons. The van der Waals surface area contributed by atoms with Crippen molar-refractivity contribution in [1.29, 1.82) is 0 Å². The van der Waals surface area contributed by atoms with Gasteiger partial charge in [0.25, 0.3) is 0 Å². The van der Waals surface area contributed by atoms with Crippen LogP contribution in [0.3, 0.4) is 0 Å². The lowest BCUT2D eigenvalue weighted by molar-refractivity contribution is 0.215. The minimum absolute atomic E-state index is 0.171. The third-order valence-electron chi connectivity index (χ3n) is 4.19. The molecular weight excluding hydrogens is 238 g/mol. The van der Waals surface area contributed by atoms with E-state index in [1.165, 1.54) is 5.56 Å². The molecule has 3 rings (SSSR count). The molecule has 0 saturated carbocycles. The lowest BCUT2D eigenvalue weighted by atomic mass is 9.98. The number of urea groups is 1. The number of nitrogens with zero attached hydrogens (tertiary/aromatic N) is 2. The number of likely N-dealkylation sites (tertiary alicyclic amines) is 1. The number of hydrogen-bond donors (Lipinski definition) is 1. The van der Waals surface area contributed by atoms with Crippen LogP contribution in [0.15, 0.2) is 24.3 Å². The number of rotatable bonds is 2. The fourth-order valence-electron chi connectivity index (χ4n) is 3.20. The highest BCUT2D eigenvalue weighted by molar-refractivity contribution is 5.94. The van der Waals surface area contributed by atoms with Crippen LogP contribution in [-0.4, -0.2) is 37.1 Å². The molecular formula is C15H21N3O. The number of anilines is 1. The van der Waals surface area contributed by atoms with E-state index >= 15 is 0 Å². The van der Waals surface area contributed by atoms with Crippen molar-refractivity contribution in [2.24, 2.45) is 5.73 Å². The maximum atomic E-state index is 12.6. The third-order valence-corrected chi connectivity index (χ3v) is 4.19. The fourth-order valence-corrected chi connectivity index (χ4v) is 3.20. The van der Waals surface area contributed by atoms with E-state index in [0.29, 0.717) is 12.5 Å². The van der Waals surface area contributed by atoms with Crippen molar-refractivity contribution in [3.63, 3.8) is 0 Å². The van der Waals surface area contributed by atoms with Crippen molar-refractivity contribution in [3.05, 3.63) is 29.8 Å². The van der Waals surface area contributed by atoms with Gasteiger partial charge in [0.1, 0.15) is 0 Å². The largest absolute Gasteiger partial charge is 0.330 e. The Bertz CT molecular complexity index is 468. The van der Waals surface area contributed by atoms with E-state index in [4.69, 9.17) is 5.73 Å². The van der Waals surface area contributed by atoms with Crippen LogP contribution in [0.2, 0.25) is 0 Å². The molecule has 2 amide bonds. The van der Waals surface area contributed by atoms with Gasteiger partial charge in [0.15, 0.2) is 0 Å². The minimum atomic E-state index is 0.171. The molecule has 1 atom stereocenters. The molecule has 4 heteroatoms. The molecule has 1 fully saturated rings. The molecule has 0 spiro atoms. The zero-order valence-corrected chi connectivity index (χ0v) is 11.2. The summed E-state index contributed by atoms with van der Waals surface area (Å²) in [4.78, 5) is 16.5. The van der Waals surface area contributed by atoms with Crippen molar-refractivity contribution in [2.45, 2.75) is 25.2 Å². The molecule has 2 heterocycles. The summed E-state index contributed by atoms with van der Waals surface area (Å²) in [5.41, 5.74) is 8.05. The van der Waals surface area contributed by atoms with E-state index < -0.39 is 0 Å². The van der Waals surface area contributed by atoms with Gasteiger partial charge in [-0.1, -0.05) is 18.2 Å². The smallest absolute Gasteiger partial charge is 0.324 e. The average molecular weight is 259 g/mol. The molecule has 4 nitrogen and oxygen atoms in total. The summed E-state index contributed by atoms with van der Waals surface area (Å²) in [5.74, 6) is 0.396. The van der Waals surface area contributed by atoms with Crippen molar-refractivity contribution < 1.29 is 4.79 Å². The summed E-state index contributed by atoms with van der Waals surface area (Å²) in [6.45, 7) is 3.26. The summed E-state index contributed by atoms with van der Waals surface area (Å²) in [7, 11) is 0. The Balaban J connectivity index is 1.85. The van der Waals surface area contributed by atoms with E-state index in [9.17, 15) is 4.79 Å². The fraction of sp³-hybridized carbons (Fsp3) is 0.533. The summed E-state index contributed by atoms with van der Waals surface area (Å²) < 4.78 is 0. The summed E-state index contributed by atoms with van der Waals surface area (Å²) in [6.07, 6.45) is 3.21. The second-order valence-corrected chi connectivity index (χ2v) is 5.42. The van der Waals surface area contributed by atoms with Crippen molar-refractivity contribution >= 4 is 11.7 Å². The van der Waals surface area contributed by atoms with Crippen LogP contribution in [-0.2, 0) is 0 Å². The first-order valence-corrected chi connectivity index (χ1v) is 7.16. The first-order valence-electron chi connectivity index (χ1n) is 7.16. The molecule has 2 aliphatic rings. The number of hydrogen-bond acceptors (Lipinski definition) is 2. The molecule has 1 saturated heterocycles. The second kappa shape index (κ2) is 5.21. The van der Waals surface area contributed by atoms with Crippen LogP contribution in [0, 0.1) is 0 Å². The zero-order valence-electron chi connectivity index (χ0n) is 11.2. The monoisotopic (exact) mass is 259 g/mol. The Hall–Kier alpha value is -1.55. The van der Waals surface area contributed by atoms with Gasteiger partial charge >= 0.3 is 6.03 Å². The maximum absolute atomic E-state index is 12.6. The van der Waals surface area contributed by atoms with Crippen molar-refractivity contribution in [3.8, 4) is 0 Å². The number of carbonyl (C=O) groups is 1. The van der Waals surface area contributed by atoms with Crippen LogP contribution < -0.4 is 10.6 Å². The van der Waals surface area contributed by atoms with Gasteiger partial charge in [0.2, 0.25) is 0 Å². The number of benzene rings is 1. The first kappa shape index (κ1) is 12.5. The van der Waals surface area contributed by atoms with Crippen LogP contribution >= 0.6 is 0 Å². The number of amides is 2. The van der Waals surface area contributed by atoms with Gasteiger partial charge in [-0.05, 0) is 37.4 Å². The lowest BCUT2D eigenvalue weighted by Crippen LogP contribution is -2.41. The SMILES string of the molecule is NCCC1CN(C(=O)N2CCCC2)c2ccccc21. The van der Waals surface area contributed by atoms with E-state index in [0.717, 1.165) is 44.6 Å². The topological polar surface area (TPSA) is 49.6 Å².